The Morgan fingerprint density at radius 3 is 2.64 bits per heavy atom. The molecule has 0 radical (unpaired) electrons. The maximum atomic E-state index is 12.0. The standard InChI is InChI=1S/C17H16ClNO2.ClH/c18-16-12-6-8-14(19)17(20)13(12)7-9-15(16)21-10-11-4-2-1-3-5-11;/h1-5,7,9,14H,6,8,10,19H2;1H. The van der Waals surface area contributed by atoms with Gasteiger partial charge in [-0.2, -0.15) is 0 Å². The normalized spacial score (nSPS) is 16.6. The van der Waals surface area contributed by atoms with Crippen LogP contribution in [-0.4, -0.2) is 11.8 Å². The summed E-state index contributed by atoms with van der Waals surface area (Å²) in [6.45, 7) is 0.451. The van der Waals surface area contributed by atoms with E-state index in [-0.39, 0.29) is 18.2 Å². The zero-order valence-corrected chi connectivity index (χ0v) is 13.5. The number of carbonyl (C=O) groups excluding carboxylic acids is 1. The summed E-state index contributed by atoms with van der Waals surface area (Å²) in [6.07, 6.45) is 1.34. The van der Waals surface area contributed by atoms with Gasteiger partial charge in [-0.25, -0.2) is 0 Å². The second kappa shape index (κ2) is 7.14. The fourth-order valence-corrected chi connectivity index (χ4v) is 2.87. The molecular formula is C17H17Cl2NO2. The van der Waals surface area contributed by atoms with Crippen LogP contribution in [0.2, 0.25) is 5.02 Å². The summed E-state index contributed by atoms with van der Waals surface area (Å²) in [5.74, 6) is 0.579. The molecule has 0 heterocycles. The third-order valence-electron chi connectivity index (χ3n) is 3.75. The predicted molar refractivity (Wildman–Crippen MR) is 90.1 cm³/mol. The Labute approximate surface area is 140 Å². The van der Waals surface area contributed by atoms with Gasteiger partial charge in [0.15, 0.2) is 5.78 Å². The molecule has 0 saturated carbocycles. The first-order valence-electron chi connectivity index (χ1n) is 6.94. The highest BCUT2D eigenvalue weighted by Crippen LogP contribution is 2.35. The number of benzene rings is 2. The fourth-order valence-electron chi connectivity index (χ4n) is 2.55. The van der Waals surface area contributed by atoms with Crippen LogP contribution in [0.15, 0.2) is 42.5 Å². The molecule has 0 aromatic heterocycles. The molecule has 3 nitrogen and oxygen atoms in total. The summed E-state index contributed by atoms with van der Waals surface area (Å²) < 4.78 is 5.78. The monoisotopic (exact) mass is 337 g/mol. The molecule has 0 fully saturated rings. The quantitative estimate of drug-likeness (QED) is 0.926. The van der Waals surface area contributed by atoms with Crippen molar-refractivity contribution in [3.8, 4) is 5.75 Å². The Balaban J connectivity index is 0.00000176. The van der Waals surface area contributed by atoms with Crippen LogP contribution in [0.5, 0.6) is 5.75 Å². The number of fused-ring (bicyclic) bond motifs is 1. The molecule has 22 heavy (non-hydrogen) atoms. The van der Waals surface area contributed by atoms with Crippen LogP contribution in [0.1, 0.15) is 27.9 Å². The zero-order valence-electron chi connectivity index (χ0n) is 11.9. The number of hydrogen-bond donors (Lipinski definition) is 1. The van der Waals surface area contributed by atoms with Crippen molar-refractivity contribution in [2.24, 2.45) is 5.73 Å². The largest absolute Gasteiger partial charge is 0.487 e. The van der Waals surface area contributed by atoms with Gasteiger partial charge in [0.05, 0.1) is 11.1 Å². The Hall–Kier alpha value is -1.55. The molecule has 2 aromatic carbocycles. The molecule has 1 aliphatic carbocycles. The minimum absolute atomic E-state index is 0. The number of nitrogens with two attached hydrogens (primary N) is 1. The molecule has 1 unspecified atom stereocenters. The van der Waals surface area contributed by atoms with Crippen molar-refractivity contribution in [2.45, 2.75) is 25.5 Å². The van der Waals surface area contributed by atoms with Crippen molar-refractivity contribution >= 4 is 29.8 Å². The summed E-state index contributed by atoms with van der Waals surface area (Å²) >= 11 is 6.39. The minimum Gasteiger partial charge on any atom is -0.487 e. The minimum atomic E-state index is -0.412. The van der Waals surface area contributed by atoms with Crippen molar-refractivity contribution < 1.29 is 9.53 Å². The second-order valence-electron chi connectivity index (χ2n) is 5.19. The highest BCUT2D eigenvalue weighted by molar-refractivity contribution is 6.33. The number of Topliss-reactive ketones (excluding diaryl/α,β-unsaturated/α-hetero) is 1. The van der Waals surface area contributed by atoms with Gasteiger partial charge in [0, 0.05) is 5.56 Å². The van der Waals surface area contributed by atoms with Gasteiger partial charge in [-0.3, -0.25) is 4.79 Å². The molecular weight excluding hydrogens is 321 g/mol. The predicted octanol–water partition coefficient (Wildman–Crippen LogP) is 3.80. The molecule has 1 aliphatic rings. The van der Waals surface area contributed by atoms with Crippen molar-refractivity contribution in [2.75, 3.05) is 0 Å². The van der Waals surface area contributed by atoms with E-state index in [1.165, 1.54) is 0 Å². The van der Waals surface area contributed by atoms with Crippen molar-refractivity contribution in [1.82, 2.24) is 0 Å². The third kappa shape index (κ3) is 3.27. The summed E-state index contributed by atoms with van der Waals surface area (Å²) in [7, 11) is 0. The lowest BCUT2D eigenvalue weighted by Gasteiger charge is -2.22. The second-order valence-corrected chi connectivity index (χ2v) is 5.57. The summed E-state index contributed by atoms with van der Waals surface area (Å²) in [5, 5.41) is 0.531. The Morgan fingerprint density at radius 2 is 1.91 bits per heavy atom. The first-order chi connectivity index (χ1) is 10.2. The molecule has 1 atom stereocenters. The van der Waals surface area contributed by atoms with Crippen LogP contribution in [0.3, 0.4) is 0 Å². The molecule has 5 heteroatoms. The third-order valence-corrected chi connectivity index (χ3v) is 4.17. The van der Waals surface area contributed by atoms with Crippen LogP contribution in [-0.2, 0) is 13.0 Å². The molecule has 0 spiro atoms. The van der Waals surface area contributed by atoms with Gasteiger partial charge in [-0.15, -0.1) is 12.4 Å². The van der Waals surface area contributed by atoms with E-state index in [0.29, 0.717) is 35.8 Å². The number of carbonyl (C=O) groups is 1. The Morgan fingerprint density at radius 1 is 1.18 bits per heavy atom. The maximum Gasteiger partial charge on any atom is 0.179 e. The van der Waals surface area contributed by atoms with Crippen LogP contribution >= 0.6 is 24.0 Å². The lowest BCUT2D eigenvalue weighted by Crippen LogP contribution is -2.35. The van der Waals surface area contributed by atoms with E-state index in [1.54, 1.807) is 12.1 Å². The van der Waals surface area contributed by atoms with E-state index in [9.17, 15) is 4.79 Å². The van der Waals surface area contributed by atoms with Gasteiger partial charge >= 0.3 is 0 Å². The van der Waals surface area contributed by atoms with E-state index >= 15 is 0 Å². The SMILES string of the molecule is Cl.NC1CCc2c(ccc(OCc3ccccc3)c2Cl)C1=O. The average Bonchev–Trinajstić information content (AvgIpc) is 2.51. The van der Waals surface area contributed by atoms with Crippen LogP contribution < -0.4 is 10.5 Å². The van der Waals surface area contributed by atoms with Gasteiger partial charge < -0.3 is 10.5 Å². The highest BCUT2D eigenvalue weighted by atomic mass is 35.5. The molecule has 2 N–H and O–H groups in total. The summed E-state index contributed by atoms with van der Waals surface area (Å²) in [6, 6.07) is 13.0. The zero-order chi connectivity index (χ0) is 14.8. The molecule has 116 valence electrons. The fraction of sp³-hybridized carbons (Fsp3) is 0.235. The number of halogens is 2. The van der Waals surface area contributed by atoms with Gasteiger partial charge in [0.1, 0.15) is 12.4 Å². The highest BCUT2D eigenvalue weighted by Gasteiger charge is 2.27. The first kappa shape index (κ1) is 16.8. The molecule has 0 aliphatic heterocycles. The van der Waals surface area contributed by atoms with Crippen LogP contribution in [0.4, 0.5) is 0 Å². The number of rotatable bonds is 3. The Kier molecular flexibility index (Phi) is 5.46. The van der Waals surface area contributed by atoms with Crippen molar-refractivity contribution in [1.29, 1.82) is 0 Å². The van der Waals surface area contributed by atoms with E-state index in [4.69, 9.17) is 22.1 Å². The van der Waals surface area contributed by atoms with Gasteiger partial charge in [0.2, 0.25) is 0 Å². The Bertz CT molecular complexity index is 674. The van der Waals surface area contributed by atoms with Crippen LogP contribution in [0, 0.1) is 0 Å². The van der Waals surface area contributed by atoms with E-state index in [0.717, 1.165) is 11.1 Å². The first-order valence-corrected chi connectivity index (χ1v) is 7.32. The topological polar surface area (TPSA) is 52.3 Å². The molecule has 2 aromatic rings. The van der Waals surface area contributed by atoms with Crippen molar-refractivity contribution in [3.63, 3.8) is 0 Å². The van der Waals surface area contributed by atoms with Gasteiger partial charge in [-0.1, -0.05) is 41.9 Å². The average molecular weight is 338 g/mol. The maximum absolute atomic E-state index is 12.0. The van der Waals surface area contributed by atoms with Crippen LogP contribution in [0.25, 0.3) is 0 Å². The molecule has 0 bridgehead atoms. The number of ether oxygens (including phenoxy) is 1. The molecule has 0 saturated heterocycles. The smallest absolute Gasteiger partial charge is 0.179 e. The summed E-state index contributed by atoms with van der Waals surface area (Å²) in [4.78, 5) is 12.0. The lowest BCUT2D eigenvalue weighted by molar-refractivity contribution is 0.0948. The number of ketones is 1. The molecule has 3 rings (SSSR count). The van der Waals surface area contributed by atoms with Gasteiger partial charge in [-0.05, 0) is 36.1 Å². The van der Waals surface area contributed by atoms with Gasteiger partial charge in [0.25, 0.3) is 0 Å². The number of hydrogen-bond acceptors (Lipinski definition) is 3. The lowest BCUT2D eigenvalue weighted by atomic mass is 9.87. The van der Waals surface area contributed by atoms with E-state index < -0.39 is 6.04 Å². The van der Waals surface area contributed by atoms with E-state index in [1.807, 2.05) is 30.3 Å². The van der Waals surface area contributed by atoms with Crippen molar-refractivity contribution in [3.05, 3.63) is 64.2 Å². The van der Waals surface area contributed by atoms with E-state index in [2.05, 4.69) is 0 Å². The molecule has 0 amide bonds. The summed E-state index contributed by atoms with van der Waals surface area (Å²) in [5.41, 5.74) is 8.35.